The van der Waals surface area contributed by atoms with Gasteiger partial charge in [0.2, 0.25) is 0 Å². The molecule has 0 bridgehead atoms. The summed E-state index contributed by atoms with van der Waals surface area (Å²) < 4.78 is 5.34. The highest BCUT2D eigenvalue weighted by molar-refractivity contribution is 5.67. The Kier molecular flexibility index (Phi) is 5.41. The molecule has 1 aliphatic heterocycles. The van der Waals surface area contributed by atoms with Crippen LogP contribution in [0.3, 0.4) is 0 Å². The van der Waals surface area contributed by atoms with Crippen molar-refractivity contribution < 1.29 is 9.53 Å². The molecule has 1 aliphatic rings. The fourth-order valence-electron chi connectivity index (χ4n) is 2.25. The molecule has 0 aromatic rings. The highest BCUT2D eigenvalue weighted by atomic mass is 16.6. The quantitative estimate of drug-likeness (QED) is 0.820. The minimum atomic E-state index is -0.424. The minimum absolute atomic E-state index is 0.236. The Morgan fingerprint density at radius 2 is 2.17 bits per heavy atom. The maximum Gasteiger partial charge on any atom is 0.410 e. The molecule has 1 amide bonds. The van der Waals surface area contributed by atoms with Gasteiger partial charge >= 0.3 is 6.09 Å². The Morgan fingerprint density at radius 3 is 2.72 bits per heavy atom. The number of carbonyl (C=O) groups is 1. The molecule has 1 atom stereocenters. The Balaban J connectivity index is 2.32. The lowest BCUT2D eigenvalue weighted by molar-refractivity contribution is 0.0275. The maximum atomic E-state index is 11.8. The molecule has 5 nitrogen and oxygen atoms in total. The summed E-state index contributed by atoms with van der Waals surface area (Å²) in [5.41, 5.74) is 5.12. The SMILES string of the molecule is CN(CC1CCN(CCN)C1)C(=O)OC(C)(C)C. The van der Waals surface area contributed by atoms with Crippen molar-refractivity contribution in [2.45, 2.75) is 32.8 Å². The number of hydrogen-bond donors (Lipinski definition) is 1. The molecule has 5 heteroatoms. The number of likely N-dealkylation sites (tertiary alicyclic amines) is 1. The Bertz CT molecular complexity index is 276. The van der Waals surface area contributed by atoms with Gasteiger partial charge in [0.25, 0.3) is 0 Å². The molecule has 0 aromatic heterocycles. The van der Waals surface area contributed by atoms with Gasteiger partial charge in [-0.3, -0.25) is 0 Å². The zero-order valence-corrected chi connectivity index (χ0v) is 12.1. The molecule has 1 saturated heterocycles. The number of hydrogen-bond acceptors (Lipinski definition) is 4. The van der Waals surface area contributed by atoms with Gasteiger partial charge in [0.05, 0.1) is 0 Å². The number of nitrogens with two attached hydrogens (primary N) is 1. The van der Waals surface area contributed by atoms with Crippen LogP contribution in [-0.4, -0.2) is 61.3 Å². The van der Waals surface area contributed by atoms with Gasteiger partial charge in [0.1, 0.15) is 5.60 Å². The average Bonchev–Trinajstić information content (AvgIpc) is 2.63. The molecule has 1 unspecified atom stereocenters. The standard InChI is InChI=1S/C13H27N3O2/c1-13(2,3)18-12(17)15(4)9-11-5-7-16(10-11)8-6-14/h11H,5-10,14H2,1-4H3. The molecule has 0 saturated carbocycles. The molecule has 0 spiro atoms. The number of amides is 1. The third-order valence-electron chi connectivity index (χ3n) is 3.05. The first-order valence-corrected chi connectivity index (χ1v) is 6.68. The van der Waals surface area contributed by atoms with E-state index in [2.05, 4.69) is 4.90 Å². The van der Waals surface area contributed by atoms with Crippen LogP contribution in [0.1, 0.15) is 27.2 Å². The first-order valence-electron chi connectivity index (χ1n) is 6.68. The van der Waals surface area contributed by atoms with Crippen molar-refractivity contribution >= 4 is 6.09 Å². The lowest BCUT2D eigenvalue weighted by Crippen LogP contribution is -2.37. The maximum absolute atomic E-state index is 11.8. The van der Waals surface area contributed by atoms with Gasteiger partial charge in [-0.25, -0.2) is 4.79 Å². The zero-order valence-electron chi connectivity index (χ0n) is 12.1. The molecule has 2 N–H and O–H groups in total. The van der Waals surface area contributed by atoms with Gasteiger partial charge in [-0.2, -0.15) is 0 Å². The van der Waals surface area contributed by atoms with E-state index in [1.807, 2.05) is 20.8 Å². The number of rotatable bonds is 4. The summed E-state index contributed by atoms with van der Waals surface area (Å²) in [6.07, 6.45) is 0.896. The van der Waals surface area contributed by atoms with Crippen LogP contribution in [0.5, 0.6) is 0 Å². The first-order chi connectivity index (χ1) is 8.31. The zero-order chi connectivity index (χ0) is 13.8. The molecule has 18 heavy (non-hydrogen) atoms. The largest absolute Gasteiger partial charge is 0.444 e. The fraction of sp³-hybridized carbons (Fsp3) is 0.923. The molecule has 0 aromatic carbocycles. The van der Waals surface area contributed by atoms with Crippen LogP contribution in [0.4, 0.5) is 4.79 Å². The Hall–Kier alpha value is -0.810. The summed E-state index contributed by atoms with van der Waals surface area (Å²) >= 11 is 0. The van der Waals surface area contributed by atoms with Gasteiger partial charge in [-0.05, 0) is 39.7 Å². The summed E-state index contributed by atoms with van der Waals surface area (Å²) in [5.74, 6) is 0.536. The highest BCUT2D eigenvalue weighted by Gasteiger charge is 2.26. The van der Waals surface area contributed by atoms with Crippen molar-refractivity contribution in [3.8, 4) is 0 Å². The third kappa shape index (κ3) is 5.23. The Morgan fingerprint density at radius 1 is 1.50 bits per heavy atom. The second-order valence-corrected chi connectivity index (χ2v) is 6.10. The van der Waals surface area contributed by atoms with Crippen molar-refractivity contribution in [2.75, 3.05) is 39.8 Å². The van der Waals surface area contributed by atoms with Crippen LogP contribution < -0.4 is 5.73 Å². The van der Waals surface area contributed by atoms with Crippen LogP contribution in [0.2, 0.25) is 0 Å². The minimum Gasteiger partial charge on any atom is -0.444 e. The normalized spacial score (nSPS) is 21.1. The third-order valence-corrected chi connectivity index (χ3v) is 3.05. The predicted molar refractivity (Wildman–Crippen MR) is 72.5 cm³/mol. The van der Waals surface area contributed by atoms with Crippen molar-refractivity contribution in [2.24, 2.45) is 11.7 Å². The van der Waals surface area contributed by atoms with E-state index >= 15 is 0 Å². The smallest absolute Gasteiger partial charge is 0.410 e. The van der Waals surface area contributed by atoms with Gasteiger partial charge in [-0.15, -0.1) is 0 Å². The summed E-state index contributed by atoms with van der Waals surface area (Å²) in [6.45, 7) is 10.2. The number of nitrogens with zero attached hydrogens (tertiary/aromatic N) is 2. The second-order valence-electron chi connectivity index (χ2n) is 6.10. The molecule has 0 aliphatic carbocycles. The van der Waals surface area contributed by atoms with E-state index in [4.69, 9.17) is 10.5 Å². The summed E-state index contributed by atoms with van der Waals surface area (Å²) in [5, 5.41) is 0. The predicted octanol–water partition coefficient (Wildman–Crippen LogP) is 1.13. The number of carbonyl (C=O) groups excluding carboxylic acids is 1. The molecular formula is C13H27N3O2. The van der Waals surface area contributed by atoms with Crippen molar-refractivity contribution in [1.82, 2.24) is 9.80 Å². The van der Waals surface area contributed by atoms with Crippen LogP contribution >= 0.6 is 0 Å². The average molecular weight is 257 g/mol. The summed E-state index contributed by atoms with van der Waals surface area (Å²) in [4.78, 5) is 15.9. The monoisotopic (exact) mass is 257 g/mol. The van der Waals surface area contributed by atoms with E-state index in [-0.39, 0.29) is 6.09 Å². The lowest BCUT2D eigenvalue weighted by atomic mass is 10.1. The van der Waals surface area contributed by atoms with Gasteiger partial charge in [0.15, 0.2) is 0 Å². The van der Waals surface area contributed by atoms with Crippen molar-refractivity contribution in [3.63, 3.8) is 0 Å². The van der Waals surface area contributed by atoms with Gasteiger partial charge in [-0.1, -0.05) is 0 Å². The second kappa shape index (κ2) is 6.38. The highest BCUT2D eigenvalue weighted by Crippen LogP contribution is 2.17. The van der Waals surface area contributed by atoms with E-state index in [0.717, 1.165) is 32.6 Å². The summed E-state index contributed by atoms with van der Waals surface area (Å²) in [6, 6.07) is 0. The van der Waals surface area contributed by atoms with Crippen LogP contribution in [0.15, 0.2) is 0 Å². The number of ether oxygens (including phenoxy) is 1. The molecule has 0 radical (unpaired) electrons. The van der Waals surface area contributed by atoms with Crippen molar-refractivity contribution in [1.29, 1.82) is 0 Å². The lowest BCUT2D eigenvalue weighted by Gasteiger charge is -2.26. The Labute approximate surface area is 110 Å². The van der Waals surface area contributed by atoms with E-state index in [1.165, 1.54) is 0 Å². The topological polar surface area (TPSA) is 58.8 Å². The first kappa shape index (κ1) is 15.2. The van der Waals surface area contributed by atoms with Gasteiger partial charge in [0, 0.05) is 33.2 Å². The van der Waals surface area contributed by atoms with E-state index in [9.17, 15) is 4.79 Å². The molecular weight excluding hydrogens is 230 g/mol. The van der Waals surface area contributed by atoms with E-state index in [1.54, 1.807) is 11.9 Å². The fourth-order valence-corrected chi connectivity index (χ4v) is 2.25. The molecule has 1 fully saturated rings. The van der Waals surface area contributed by atoms with E-state index < -0.39 is 5.60 Å². The van der Waals surface area contributed by atoms with Crippen molar-refractivity contribution in [3.05, 3.63) is 0 Å². The van der Waals surface area contributed by atoms with Crippen LogP contribution in [0, 0.1) is 5.92 Å². The summed E-state index contributed by atoms with van der Waals surface area (Å²) in [7, 11) is 1.81. The van der Waals surface area contributed by atoms with Crippen LogP contribution in [-0.2, 0) is 4.74 Å². The molecule has 1 heterocycles. The van der Waals surface area contributed by atoms with E-state index in [0.29, 0.717) is 12.5 Å². The molecule has 106 valence electrons. The van der Waals surface area contributed by atoms with Crippen LogP contribution in [0.25, 0.3) is 0 Å². The molecule has 1 rings (SSSR count). The van der Waals surface area contributed by atoms with Gasteiger partial charge < -0.3 is 20.3 Å².